The van der Waals surface area contributed by atoms with Gasteiger partial charge in [-0.25, -0.2) is 0 Å². The van der Waals surface area contributed by atoms with Gasteiger partial charge in [0.1, 0.15) is 0 Å². The normalized spacial score (nSPS) is 23.4. The Hall–Kier alpha value is 0.390. The third kappa shape index (κ3) is 3.93. The van der Waals surface area contributed by atoms with E-state index in [0.29, 0.717) is 11.5 Å². The molecule has 0 aromatic heterocycles. The standard InChI is InChI=1S/C13H17ClINS/c1-13(2)6-10(7-17-8-13)16-12-4-3-9(14)5-11(12)15/h3-5,10,16H,6-8H2,1-2H3. The number of nitrogens with one attached hydrogen (secondary N) is 1. The Morgan fingerprint density at radius 1 is 1.47 bits per heavy atom. The zero-order valence-electron chi connectivity index (χ0n) is 10.1. The van der Waals surface area contributed by atoms with E-state index in [4.69, 9.17) is 11.6 Å². The molecule has 1 saturated heterocycles. The molecule has 0 amide bonds. The fraction of sp³-hybridized carbons (Fsp3) is 0.538. The third-order valence-corrected chi connectivity index (χ3v) is 5.65. The molecule has 4 heteroatoms. The van der Waals surface area contributed by atoms with E-state index >= 15 is 0 Å². The van der Waals surface area contributed by atoms with Gasteiger partial charge < -0.3 is 5.32 Å². The van der Waals surface area contributed by atoms with Gasteiger partial charge in [0.15, 0.2) is 0 Å². The minimum atomic E-state index is 0.443. The number of benzene rings is 1. The van der Waals surface area contributed by atoms with E-state index in [0.717, 1.165) is 5.02 Å². The van der Waals surface area contributed by atoms with Crippen molar-refractivity contribution in [2.45, 2.75) is 26.3 Å². The predicted octanol–water partition coefficient (Wildman–Crippen LogP) is 4.89. The fourth-order valence-corrected chi connectivity index (χ4v) is 4.48. The molecule has 1 nitrogen and oxygen atoms in total. The Balaban J connectivity index is 2.05. The SMILES string of the molecule is CC1(C)CSCC(Nc2ccc(Cl)cc2I)C1. The molecule has 0 radical (unpaired) electrons. The third-order valence-electron chi connectivity index (χ3n) is 2.90. The van der Waals surface area contributed by atoms with Gasteiger partial charge in [-0.05, 0) is 58.4 Å². The van der Waals surface area contributed by atoms with Crippen LogP contribution in [0.1, 0.15) is 20.3 Å². The zero-order valence-corrected chi connectivity index (χ0v) is 13.8. The predicted molar refractivity (Wildman–Crippen MR) is 87.3 cm³/mol. The first-order chi connectivity index (χ1) is 7.96. The highest BCUT2D eigenvalue weighted by Crippen LogP contribution is 2.35. The highest BCUT2D eigenvalue weighted by atomic mass is 127. The Morgan fingerprint density at radius 3 is 2.88 bits per heavy atom. The molecule has 1 aromatic carbocycles. The summed E-state index contributed by atoms with van der Waals surface area (Å²) in [5.74, 6) is 2.46. The van der Waals surface area contributed by atoms with Gasteiger partial charge in [0.2, 0.25) is 0 Å². The molecule has 1 fully saturated rings. The van der Waals surface area contributed by atoms with Crippen LogP contribution in [-0.4, -0.2) is 17.5 Å². The van der Waals surface area contributed by atoms with Crippen molar-refractivity contribution in [2.75, 3.05) is 16.8 Å². The summed E-state index contributed by atoms with van der Waals surface area (Å²) >= 11 is 10.4. The van der Waals surface area contributed by atoms with Gasteiger partial charge in [-0.2, -0.15) is 11.8 Å². The van der Waals surface area contributed by atoms with E-state index in [1.165, 1.54) is 27.2 Å². The van der Waals surface area contributed by atoms with Crippen molar-refractivity contribution in [3.63, 3.8) is 0 Å². The topological polar surface area (TPSA) is 12.0 Å². The Kier molecular flexibility index (Phi) is 4.53. The van der Waals surface area contributed by atoms with E-state index in [2.05, 4.69) is 47.8 Å². The summed E-state index contributed by atoms with van der Waals surface area (Å²) in [7, 11) is 0. The fourth-order valence-electron chi connectivity index (χ4n) is 2.18. The van der Waals surface area contributed by atoms with Gasteiger partial charge in [0.25, 0.3) is 0 Å². The maximum atomic E-state index is 5.97. The van der Waals surface area contributed by atoms with Crippen LogP contribution in [0, 0.1) is 8.99 Å². The highest BCUT2D eigenvalue weighted by molar-refractivity contribution is 14.1. The van der Waals surface area contributed by atoms with Gasteiger partial charge in [0.05, 0.1) is 0 Å². The largest absolute Gasteiger partial charge is 0.381 e. The van der Waals surface area contributed by atoms with E-state index in [1.54, 1.807) is 0 Å². The summed E-state index contributed by atoms with van der Waals surface area (Å²) in [5.41, 5.74) is 1.65. The maximum Gasteiger partial charge on any atom is 0.0479 e. The molecule has 94 valence electrons. The van der Waals surface area contributed by atoms with Crippen LogP contribution in [0.2, 0.25) is 5.02 Å². The Bertz CT molecular complexity index is 408. The number of rotatable bonds is 2. The molecule has 0 spiro atoms. The lowest BCUT2D eigenvalue weighted by Gasteiger charge is -2.35. The van der Waals surface area contributed by atoms with Crippen LogP contribution in [0.5, 0.6) is 0 Å². The van der Waals surface area contributed by atoms with Crippen LogP contribution < -0.4 is 5.32 Å². The van der Waals surface area contributed by atoms with Gasteiger partial charge in [-0.15, -0.1) is 0 Å². The van der Waals surface area contributed by atoms with Gasteiger partial charge in [-0.1, -0.05) is 25.4 Å². The summed E-state index contributed by atoms with van der Waals surface area (Å²) in [6, 6.07) is 6.60. The maximum absolute atomic E-state index is 5.97. The second kappa shape index (κ2) is 5.57. The molecule has 1 atom stereocenters. The van der Waals surface area contributed by atoms with Crippen LogP contribution in [0.15, 0.2) is 18.2 Å². The number of thioether (sulfide) groups is 1. The van der Waals surface area contributed by atoms with Crippen molar-refractivity contribution in [3.8, 4) is 0 Å². The number of hydrogen-bond acceptors (Lipinski definition) is 2. The molecular formula is C13H17ClINS. The zero-order chi connectivity index (χ0) is 12.5. The van der Waals surface area contributed by atoms with Crippen molar-refractivity contribution < 1.29 is 0 Å². The second-order valence-corrected chi connectivity index (χ2v) is 7.98. The Labute approximate surface area is 126 Å². The van der Waals surface area contributed by atoms with Gasteiger partial charge >= 0.3 is 0 Å². The van der Waals surface area contributed by atoms with E-state index in [-0.39, 0.29) is 0 Å². The molecule has 2 rings (SSSR count). The lowest BCUT2D eigenvalue weighted by atomic mass is 9.88. The molecule has 1 aliphatic rings. The molecule has 1 N–H and O–H groups in total. The minimum absolute atomic E-state index is 0.443. The monoisotopic (exact) mass is 381 g/mol. The molecular weight excluding hydrogens is 365 g/mol. The van der Waals surface area contributed by atoms with E-state index < -0.39 is 0 Å². The van der Waals surface area contributed by atoms with Crippen molar-refractivity contribution in [1.82, 2.24) is 0 Å². The van der Waals surface area contributed by atoms with Gasteiger partial charge in [-0.3, -0.25) is 0 Å². The molecule has 1 aliphatic heterocycles. The summed E-state index contributed by atoms with van der Waals surface area (Å²) in [6.45, 7) is 4.70. The van der Waals surface area contributed by atoms with E-state index in [9.17, 15) is 0 Å². The summed E-state index contributed by atoms with van der Waals surface area (Å²) < 4.78 is 1.20. The average Bonchev–Trinajstić information content (AvgIpc) is 2.21. The van der Waals surface area contributed by atoms with Crippen LogP contribution in [0.25, 0.3) is 0 Å². The summed E-state index contributed by atoms with van der Waals surface area (Å²) in [5, 5.41) is 4.45. The minimum Gasteiger partial charge on any atom is -0.381 e. The first-order valence-electron chi connectivity index (χ1n) is 5.76. The molecule has 1 heterocycles. The molecule has 0 bridgehead atoms. The van der Waals surface area contributed by atoms with Crippen LogP contribution in [0.4, 0.5) is 5.69 Å². The molecule has 0 saturated carbocycles. The van der Waals surface area contributed by atoms with E-state index in [1.807, 2.05) is 23.9 Å². The lowest BCUT2D eigenvalue weighted by Crippen LogP contribution is -2.35. The van der Waals surface area contributed by atoms with Crippen LogP contribution >= 0.6 is 46.0 Å². The number of halogens is 2. The average molecular weight is 382 g/mol. The van der Waals surface area contributed by atoms with Crippen molar-refractivity contribution >= 4 is 51.6 Å². The number of anilines is 1. The molecule has 1 unspecified atom stereocenters. The number of hydrogen-bond donors (Lipinski definition) is 1. The Morgan fingerprint density at radius 2 is 2.24 bits per heavy atom. The van der Waals surface area contributed by atoms with Crippen molar-refractivity contribution in [1.29, 1.82) is 0 Å². The van der Waals surface area contributed by atoms with Crippen LogP contribution in [0.3, 0.4) is 0 Å². The molecule has 0 aliphatic carbocycles. The van der Waals surface area contributed by atoms with Crippen molar-refractivity contribution in [3.05, 3.63) is 26.8 Å². The van der Waals surface area contributed by atoms with Crippen LogP contribution in [-0.2, 0) is 0 Å². The molecule has 1 aromatic rings. The lowest BCUT2D eigenvalue weighted by molar-refractivity contribution is 0.358. The summed E-state index contributed by atoms with van der Waals surface area (Å²) in [6.07, 6.45) is 1.23. The summed E-state index contributed by atoms with van der Waals surface area (Å²) in [4.78, 5) is 0. The first-order valence-corrected chi connectivity index (χ1v) is 8.37. The van der Waals surface area contributed by atoms with Crippen molar-refractivity contribution in [2.24, 2.45) is 5.41 Å². The highest BCUT2D eigenvalue weighted by Gasteiger charge is 2.28. The smallest absolute Gasteiger partial charge is 0.0479 e. The quantitative estimate of drug-likeness (QED) is 0.732. The first kappa shape index (κ1) is 13.8. The van der Waals surface area contributed by atoms with Gasteiger partial charge in [0, 0.05) is 26.1 Å². The second-order valence-electron chi connectivity index (χ2n) is 5.35. The molecule has 17 heavy (non-hydrogen) atoms.